The van der Waals surface area contributed by atoms with E-state index < -0.39 is 9.05 Å². The van der Waals surface area contributed by atoms with Crippen LogP contribution >= 0.6 is 23.2 Å². The fraction of sp³-hybridized carbons (Fsp3) is 1.00. The molecule has 0 aliphatic heterocycles. The van der Waals surface area contributed by atoms with E-state index in [1.807, 2.05) is 20.8 Å². The molecule has 0 amide bonds. The molecule has 0 aliphatic carbocycles. The van der Waals surface area contributed by atoms with Gasteiger partial charge in [-0.05, 0) is 33.6 Å². The van der Waals surface area contributed by atoms with Crippen molar-refractivity contribution in [2.45, 2.75) is 39.7 Å². The zero-order chi connectivity index (χ0) is 13.9. The van der Waals surface area contributed by atoms with E-state index in [4.69, 9.17) is 40.9 Å². The highest BCUT2D eigenvalue weighted by Gasteiger charge is 2.46. The minimum atomic E-state index is -3.05. The highest BCUT2D eigenvalue weighted by molar-refractivity contribution is 6.53. The molecule has 0 fully saturated rings. The van der Waals surface area contributed by atoms with Gasteiger partial charge in [-0.25, -0.2) is 0 Å². The summed E-state index contributed by atoms with van der Waals surface area (Å²) in [6.07, 6.45) is 1.32. The molecule has 18 heavy (non-hydrogen) atoms. The van der Waals surface area contributed by atoms with E-state index >= 15 is 0 Å². The molecular formula is C11H24Cl2O4Si. The zero-order valence-corrected chi connectivity index (χ0v) is 13.9. The third kappa shape index (κ3) is 7.28. The molecule has 0 unspecified atom stereocenters. The van der Waals surface area contributed by atoms with E-state index in [2.05, 4.69) is 0 Å². The van der Waals surface area contributed by atoms with Gasteiger partial charge in [0.2, 0.25) is 0 Å². The molecule has 7 heteroatoms. The highest BCUT2D eigenvalue weighted by atomic mass is 35.5. The van der Waals surface area contributed by atoms with Crippen LogP contribution in [0.15, 0.2) is 0 Å². The Kier molecular flexibility index (Phi) is 11.9. The highest BCUT2D eigenvalue weighted by Crippen LogP contribution is 2.19. The molecule has 0 aromatic heterocycles. The number of rotatable bonds is 12. The third-order valence-electron chi connectivity index (χ3n) is 2.14. The van der Waals surface area contributed by atoms with Crippen LogP contribution in [0.5, 0.6) is 0 Å². The molecule has 0 spiro atoms. The fourth-order valence-electron chi connectivity index (χ4n) is 1.47. The predicted molar refractivity (Wildman–Crippen MR) is 76.2 cm³/mol. The molecule has 0 aromatic rings. The Labute approximate surface area is 121 Å². The van der Waals surface area contributed by atoms with Gasteiger partial charge in [0.15, 0.2) is 0 Å². The van der Waals surface area contributed by atoms with E-state index in [0.717, 1.165) is 0 Å². The normalized spacial score (nSPS) is 12.3. The van der Waals surface area contributed by atoms with Gasteiger partial charge in [0.1, 0.15) is 0 Å². The number of hydrogen-bond acceptors (Lipinski definition) is 4. The van der Waals surface area contributed by atoms with E-state index in [1.54, 1.807) is 0 Å². The zero-order valence-electron chi connectivity index (χ0n) is 11.4. The maximum Gasteiger partial charge on any atom is 0.679 e. The van der Waals surface area contributed by atoms with Crippen molar-refractivity contribution in [2.75, 3.05) is 31.6 Å². The number of alkyl halides is 2. The van der Waals surface area contributed by atoms with Crippen LogP contribution < -0.4 is 0 Å². The van der Waals surface area contributed by atoms with Crippen LogP contribution in [0.25, 0.3) is 0 Å². The van der Waals surface area contributed by atoms with Crippen LogP contribution in [0.4, 0.5) is 0 Å². The lowest BCUT2D eigenvalue weighted by molar-refractivity contribution is -0.0511. The molecule has 110 valence electrons. The van der Waals surface area contributed by atoms with Crippen LogP contribution in [-0.2, 0) is 17.7 Å². The van der Waals surface area contributed by atoms with E-state index in [-0.39, 0.29) is 6.10 Å². The third-order valence-corrected chi connectivity index (χ3v) is 5.12. The van der Waals surface area contributed by atoms with Gasteiger partial charge < -0.3 is 17.7 Å². The second kappa shape index (κ2) is 11.5. The Bertz CT molecular complexity index is 175. The molecule has 0 aliphatic rings. The summed E-state index contributed by atoms with van der Waals surface area (Å²) in [6, 6.07) is 0. The first-order valence-corrected chi connectivity index (χ1v) is 9.09. The molecule has 0 saturated carbocycles. The van der Waals surface area contributed by atoms with E-state index in [0.29, 0.717) is 44.4 Å². The van der Waals surface area contributed by atoms with Gasteiger partial charge >= 0.3 is 9.05 Å². The van der Waals surface area contributed by atoms with Gasteiger partial charge in [0.05, 0.1) is 6.10 Å². The Hall–Kier alpha value is 0.637. The van der Waals surface area contributed by atoms with Gasteiger partial charge in [0, 0.05) is 31.6 Å². The molecule has 0 atom stereocenters. The smallest absolute Gasteiger partial charge is 0.351 e. The summed E-state index contributed by atoms with van der Waals surface area (Å²) < 4.78 is 22.8. The minimum Gasteiger partial charge on any atom is -0.351 e. The van der Waals surface area contributed by atoms with Crippen LogP contribution in [0.2, 0.25) is 0 Å². The molecule has 0 N–H and O–H groups in total. The van der Waals surface area contributed by atoms with Gasteiger partial charge in [-0.15, -0.1) is 23.2 Å². The van der Waals surface area contributed by atoms with Crippen molar-refractivity contribution in [2.24, 2.45) is 0 Å². The number of halogens is 2. The Morgan fingerprint density at radius 3 is 1.50 bits per heavy atom. The van der Waals surface area contributed by atoms with Crippen LogP contribution in [0.3, 0.4) is 0 Å². The van der Waals surface area contributed by atoms with Crippen LogP contribution in [0.1, 0.15) is 33.6 Å². The average Bonchev–Trinajstić information content (AvgIpc) is 2.30. The summed E-state index contributed by atoms with van der Waals surface area (Å²) in [6.45, 7) is 7.13. The maximum absolute atomic E-state index is 5.94. The predicted octanol–water partition coefficient (Wildman–Crippen LogP) is 3.17. The monoisotopic (exact) mass is 318 g/mol. The van der Waals surface area contributed by atoms with Crippen molar-refractivity contribution in [3.63, 3.8) is 0 Å². The largest absolute Gasteiger partial charge is 0.679 e. The van der Waals surface area contributed by atoms with Gasteiger partial charge in [-0.3, -0.25) is 0 Å². The van der Waals surface area contributed by atoms with Crippen molar-refractivity contribution in [1.82, 2.24) is 0 Å². The quantitative estimate of drug-likeness (QED) is 0.409. The van der Waals surface area contributed by atoms with E-state index in [9.17, 15) is 0 Å². The molecule has 0 bridgehead atoms. The first-order valence-electron chi connectivity index (χ1n) is 6.39. The molecule has 0 heterocycles. The van der Waals surface area contributed by atoms with Gasteiger partial charge in [-0.1, -0.05) is 0 Å². The molecule has 4 nitrogen and oxygen atoms in total. The summed E-state index contributed by atoms with van der Waals surface area (Å²) in [5.41, 5.74) is 0. The topological polar surface area (TPSA) is 36.9 Å². The van der Waals surface area contributed by atoms with Crippen molar-refractivity contribution < 1.29 is 17.7 Å². The molecule has 0 radical (unpaired) electrons. The summed E-state index contributed by atoms with van der Waals surface area (Å²) >= 11 is 11.5. The summed E-state index contributed by atoms with van der Waals surface area (Å²) in [5, 5.41) is 0. The molecular weight excluding hydrogens is 295 g/mol. The number of hydrogen-bond donors (Lipinski definition) is 0. The molecule has 0 aromatic carbocycles. The minimum absolute atomic E-state index is 0.0867. The Morgan fingerprint density at radius 1 is 0.833 bits per heavy atom. The maximum atomic E-state index is 5.94. The summed E-state index contributed by atoms with van der Waals surface area (Å²) in [5.74, 6) is 1.02. The average molecular weight is 319 g/mol. The van der Waals surface area contributed by atoms with Crippen molar-refractivity contribution in [3.05, 3.63) is 0 Å². The second-order valence-electron chi connectivity index (χ2n) is 3.49. The summed E-state index contributed by atoms with van der Waals surface area (Å²) in [7, 11) is -3.05. The Morgan fingerprint density at radius 2 is 1.22 bits per heavy atom. The van der Waals surface area contributed by atoms with Gasteiger partial charge in [0.25, 0.3) is 0 Å². The van der Waals surface area contributed by atoms with Gasteiger partial charge in [-0.2, -0.15) is 0 Å². The standard InChI is InChI=1S/C11H24Cl2O4Si/c1-4-14-18(15-5-2,16-6-3)17-11(7-9-12)8-10-13/h11H,4-10H2,1-3H3. The lowest BCUT2D eigenvalue weighted by Gasteiger charge is -2.30. The van der Waals surface area contributed by atoms with Crippen LogP contribution in [0, 0.1) is 0 Å². The van der Waals surface area contributed by atoms with Crippen molar-refractivity contribution in [3.8, 4) is 0 Å². The van der Waals surface area contributed by atoms with Crippen LogP contribution in [-0.4, -0.2) is 46.7 Å². The van der Waals surface area contributed by atoms with Crippen molar-refractivity contribution in [1.29, 1.82) is 0 Å². The lowest BCUT2D eigenvalue weighted by atomic mass is 10.2. The Balaban J connectivity index is 4.66. The lowest BCUT2D eigenvalue weighted by Crippen LogP contribution is -2.51. The summed E-state index contributed by atoms with van der Waals surface area (Å²) in [4.78, 5) is 0. The van der Waals surface area contributed by atoms with E-state index in [1.165, 1.54) is 0 Å². The first kappa shape index (κ1) is 18.6. The van der Waals surface area contributed by atoms with Crippen molar-refractivity contribution >= 4 is 32.2 Å². The molecule has 0 saturated heterocycles. The second-order valence-corrected chi connectivity index (χ2v) is 6.35. The fourth-order valence-corrected chi connectivity index (χ4v) is 4.11. The first-order chi connectivity index (χ1) is 8.67. The SMILES string of the molecule is CCO[Si](OCC)(OCC)OC(CCCl)CCCl. The molecule has 0 rings (SSSR count).